The number of fused-ring (bicyclic) bond motifs is 1. The van der Waals surface area contributed by atoms with Crippen molar-refractivity contribution in [1.29, 1.82) is 0 Å². The quantitative estimate of drug-likeness (QED) is 0.926. The molecule has 1 aliphatic heterocycles. The molecule has 1 aromatic heterocycles. The number of hydrogen-bond donors (Lipinski definition) is 1. The first-order valence-electron chi connectivity index (χ1n) is 7.08. The van der Waals surface area contributed by atoms with Crippen LogP contribution in [0.5, 0.6) is 11.5 Å². The van der Waals surface area contributed by atoms with Crippen LogP contribution in [0.3, 0.4) is 0 Å². The summed E-state index contributed by atoms with van der Waals surface area (Å²) in [5.41, 5.74) is 6.50. The fourth-order valence-electron chi connectivity index (χ4n) is 2.35. The SMILES string of the molecule is CN(C(=O)Cc1ccc2c(c1)OCCO2)c1sccc1C(N)=O. The molecule has 1 aliphatic rings. The molecule has 2 heterocycles. The summed E-state index contributed by atoms with van der Waals surface area (Å²) in [4.78, 5) is 25.3. The molecular weight excluding hydrogens is 316 g/mol. The van der Waals surface area contributed by atoms with Crippen molar-refractivity contribution in [3.63, 3.8) is 0 Å². The average molecular weight is 332 g/mol. The van der Waals surface area contributed by atoms with E-state index in [9.17, 15) is 9.59 Å². The van der Waals surface area contributed by atoms with Gasteiger partial charge in [0, 0.05) is 7.05 Å². The predicted octanol–water partition coefficient (Wildman–Crippen LogP) is 1.82. The van der Waals surface area contributed by atoms with Crippen LogP contribution in [0.25, 0.3) is 0 Å². The standard InChI is InChI=1S/C16H16N2O4S/c1-18(16-11(15(17)20)4-7-23-16)14(19)9-10-2-3-12-13(8-10)22-6-5-21-12/h2-4,7-8H,5-6,9H2,1H3,(H2,17,20). The van der Waals surface area contributed by atoms with Crippen LogP contribution in [0.4, 0.5) is 5.00 Å². The molecule has 2 amide bonds. The number of likely N-dealkylation sites (N-methyl/N-ethyl adjacent to an activating group) is 1. The van der Waals surface area contributed by atoms with Crippen molar-refractivity contribution in [3.05, 3.63) is 40.8 Å². The number of benzene rings is 1. The predicted molar refractivity (Wildman–Crippen MR) is 87.4 cm³/mol. The lowest BCUT2D eigenvalue weighted by atomic mass is 10.1. The van der Waals surface area contributed by atoms with E-state index in [2.05, 4.69) is 0 Å². The highest BCUT2D eigenvalue weighted by atomic mass is 32.1. The van der Waals surface area contributed by atoms with Gasteiger partial charge in [-0.15, -0.1) is 11.3 Å². The number of primary amides is 1. The highest BCUT2D eigenvalue weighted by Crippen LogP contribution is 2.31. The van der Waals surface area contributed by atoms with Crippen molar-refractivity contribution in [1.82, 2.24) is 0 Å². The first-order valence-corrected chi connectivity index (χ1v) is 7.96. The Labute approximate surface area is 137 Å². The molecule has 0 spiro atoms. The smallest absolute Gasteiger partial charge is 0.251 e. The van der Waals surface area contributed by atoms with E-state index in [0.29, 0.717) is 35.3 Å². The van der Waals surface area contributed by atoms with Crippen molar-refractivity contribution >= 4 is 28.2 Å². The molecule has 0 unspecified atom stereocenters. The summed E-state index contributed by atoms with van der Waals surface area (Å²) in [5, 5.41) is 2.29. The third-order valence-corrected chi connectivity index (χ3v) is 4.54. The Hall–Kier alpha value is -2.54. The molecule has 0 bridgehead atoms. The Morgan fingerprint density at radius 3 is 2.70 bits per heavy atom. The van der Waals surface area contributed by atoms with E-state index in [0.717, 1.165) is 5.56 Å². The van der Waals surface area contributed by atoms with Gasteiger partial charge in [0.15, 0.2) is 11.5 Å². The summed E-state index contributed by atoms with van der Waals surface area (Å²) in [7, 11) is 1.64. The van der Waals surface area contributed by atoms with E-state index in [-0.39, 0.29) is 12.3 Å². The molecule has 6 nitrogen and oxygen atoms in total. The minimum atomic E-state index is -0.541. The van der Waals surface area contributed by atoms with E-state index in [1.54, 1.807) is 24.6 Å². The summed E-state index contributed by atoms with van der Waals surface area (Å²) in [5.74, 6) is 0.667. The number of anilines is 1. The number of ether oxygens (including phenoxy) is 2. The van der Waals surface area contributed by atoms with Crippen LogP contribution in [-0.4, -0.2) is 32.1 Å². The lowest BCUT2D eigenvalue weighted by Gasteiger charge is -2.20. The van der Waals surface area contributed by atoms with Gasteiger partial charge in [0.1, 0.15) is 18.2 Å². The summed E-state index contributed by atoms with van der Waals surface area (Å²) < 4.78 is 11.0. The number of hydrogen-bond acceptors (Lipinski definition) is 5. The van der Waals surface area contributed by atoms with Crippen LogP contribution in [-0.2, 0) is 11.2 Å². The molecule has 0 atom stereocenters. The van der Waals surface area contributed by atoms with Crippen LogP contribution < -0.4 is 20.1 Å². The molecule has 0 saturated carbocycles. The van der Waals surface area contributed by atoms with Gasteiger partial charge in [-0.05, 0) is 29.1 Å². The van der Waals surface area contributed by atoms with E-state index < -0.39 is 5.91 Å². The van der Waals surface area contributed by atoms with Crippen molar-refractivity contribution in [2.75, 3.05) is 25.2 Å². The van der Waals surface area contributed by atoms with Crippen molar-refractivity contribution in [2.24, 2.45) is 5.73 Å². The third kappa shape index (κ3) is 3.14. The summed E-state index contributed by atoms with van der Waals surface area (Å²) >= 11 is 1.31. The second kappa shape index (κ2) is 6.29. The molecule has 23 heavy (non-hydrogen) atoms. The van der Waals surface area contributed by atoms with Gasteiger partial charge in [-0.25, -0.2) is 0 Å². The zero-order chi connectivity index (χ0) is 16.4. The molecule has 1 aromatic carbocycles. The topological polar surface area (TPSA) is 81.9 Å². The van der Waals surface area contributed by atoms with Gasteiger partial charge in [0.25, 0.3) is 5.91 Å². The number of rotatable bonds is 4. The van der Waals surface area contributed by atoms with Gasteiger partial charge in [0.05, 0.1) is 12.0 Å². The van der Waals surface area contributed by atoms with Crippen LogP contribution in [0, 0.1) is 0 Å². The maximum absolute atomic E-state index is 12.5. The zero-order valence-electron chi connectivity index (χ0n) is 12.6. The number of thiophene rings is 1. The second-order valence-electron chi connectivity index (χ2n) is 5.11. The highest BCUT2D eigenvalue weighted by Gasteiger charge is 2.20. The third-order valence-electron chi connectivity index (χ3n) is 3.55. The van der Waals surface area contributed by atoms with Crippen LogP contribution in [0.15, 0.2) is 29.6 Å². The van der Waals surface area contributed by atoms with Crippen LogP contribution >= 0.6 is 11.3 Å². The minimum Gasteiger partial charge on any atom is -0.486 e. The van der Waals surface area contributed by atoms with Crippen LogP contribution in [0.2, 0.25) is 0 Å². The van der Waals surface area contributed by atoms with Crippen molar-refractivity contribution < 1.29 is 19.1 Å². The van der Waals surface area contributed by atoms with E-state index in [1.807, 2.05) is 12.1 Å². The molecule has 120 valence electrons. The van der Waals surface area contributed by atoms with E-state index in [1.165, 1.54) is 16.2 Å². The van der Waals surface area contributed by atoms with Gasteiger partial charge < -0.3 is 20.1 Å². The first kappa shape index (κ1) is 15.4. The largest absolute Gasteiger partial charge is 0.486 e. The Kier molecular flexibility index (Phi) is 4.20. The fourth-order valence-corrected chi connectivity index (χ4v) is 3.24. The Bertz CT molecular complexity index is 756. The number of nitrogens with zero attached hydrogens (tertiary/aromatic N) is 1. The normalized spacial score (nSPS) is 12.7. The maximum atomic E-state index is 12.5. The van der Waals surface area contributed by atoms with Gasteiger partial charge in [0.2, 0.25) is 5.91 Å². The van der Waals surface area contributed by atoms with Gasteiger partial charge in [-0.1, -0.05) is 6.07 Å². The zero-order valence-corrected chi connectivity index (χ0v) is 13.4. The highest BCUT2D eigenvalue weighted by molar-refractivity contribution is 7.14. The van der Waals surface area contributed by atoms with Crippen molar-refractivity contribution in [3.8, 4) is 11.5 Å². The summed E-state index contributed by atoms with van der Waals surface area (Å²) in [6.45, 7) is 1.03. The van der Waals surface area contributed by atoms with Gasteiger partial charge >= 0.3 is 0 Å². The molecule has 0 saturated heterocycles. The molecule has 0 aliphatic carbocycles. The monoisotopic (exact) mass is 332 g/mol. The Balaban J connectivity index is 1.76. The van der Waals surface area contributed by atoms with Crippen LogP contribution in [0.1, 0.15) is 15.9 Å². The van der Waals surface area contributed by atoms with E-state index in [4.69, 9.17) is 15.2 Å². The lowest BCUT2D eigenvalue weighted by Crippen LogP contribution is -2.29. The molecule has 0 radical (unpaired) electrons. The number of amides is 2. The molecule has 3 rings (SSSR count). The Morgan fingerprint density at radius 1 is 1.22 bits per heavy atom. The number of carbonyl (C=O) groups excluding carboxylic acids is 2. The average Bonchev–Trinajstić information content (AvgIpc) is 3.03. The molecule has 7 heteroatoms. The van der Waals surface area contributed by atoms with Gasteiger partial charge in [-0.2, -0.15) is 0 Å². The molecule has 0 fully saturated rings. The fraction of sp³-hybridized carbons (Fsp3) is 0.250. The van der Waals surface area contributed by atoms with Crippen molar-refractivity contribution in [2.45, 2.75) is 6.42 Å². The summed E-state index contributed by atoms with van der Waals surface area (Å²) in [6, 6.07) is 7.07. The number of carbonyl (C=O) groups is 2. The maximum Gasteiger partial charge on any atom is 0.251 e. The molecular formula is C16H16N2O4S. The first-order chi connectivity index (χ1) is 11.1. The number of nitrogens with two attached hydrogens (primary N) is 1. The van der Waals surface area contributed by atoms with E-state index >= 15 is 0 Å². The Morgan fingerprint density at radius 2 is 1.96 bits per heavy atom. The molecule has 2 aromatic rings. The molecule has 2 N–H and O–H groups in total. The minimum absolute atomic E-state index is 0.133. The second-order valence-corrected chi connectivity index (χ2v) is 6.01. The lowest BCUT2D eigenvalue weighted by molar-refractivity contribution is -0.117. The summed E-state index contributed by atoms with van der Waals surface area (Å²) in [6.07, 6.45) is 0.198. The van der Waals surface area contributed by atoms with Gasteiger partial charge in [-0.3, -0.25) is 9.59 Å².